The van der Waals surface area contributed by atoms with E-state index < -0.39 is 15.6 Å². The Morgan fingerprint density at radius 1 is 0.720 bits per heavy atom. The lowest BCUT2D eigenvalue weighted by molar-refractivity contribution is 0.473. The van der Waals surface area contributed by atoms with Crippen LogP contribution in [0, 0.1) is 0 Å². The zero-order chi connectivity index (χ0) is 17.7. The highest BCUT2D eigenvalue weighted by Crippen LogP contribution is 2.45. The van der Waals surface area contributed by atoms with Crippen LogP contribution in [0.2, 0.25) is 0 Å². The summed E-state index contributed by atoms with van der Waals surface area (Å²) in [5, 5.41) is 19.2. The summed E-state index contributed by atoms with van der Waals surface area (Å²) in [5.74, 6) is 0.192. The van der Waals surface area contributed by atoms with E-state index in [-0.39, 0.29) is 16.4 Å². The number of phenols is 2. The molecule has 126 valence electrons. The number of sulfonamides is 1. The predicted molar refractivity (Wildman–Crippen MR) is 92.9 cm³/mol. The van der Waals surface area contributed by atoms with Gasteiger partial charge in [0.25, 0.3) is 0 Å². The van der Waals surface area contributed by atoms with E-state index >= 15 is 0 Å². The summed E-state index contributed by atoms with van der Waals surface area (Å²) in [6.07, 6.45) is 0. The molecule has 0 amide bonds. The molecule has 3 N–H and O–H groups in total. The van der Waals surface area contributed by atoms with Gasteiger partial charge in [-0.1, -0.05) is 42.5 Å². The number of hydrogen-bond donors (Lipinski definition) is 3. The second-order valence-corrected chi connectivity index (χ2v) is 7.60. The van der Waals surface area contributed by atoms with Crippen molar-refractivity contribution in [3.05, 3.63) is 89.5 Å². The average molecular weight is 353 g/mol. The van der Waals surface area contributed by atoms with Gasteiger partial charge in [-0.05, 0) is 41.5 Å². The lowest BCUT2D eigenvalue weighted by atomic mass is 9.78. The van der Waals surface area contributed by atoms with Gasteiger partial charge < -0.3 is 10.2 Å². The van der Waals surface area contributed by atoms with E-state index in [0.29, 0.717) is 16.7 Å². The van der Waals surface area contributed by atoms with Gasteiger partial charge in [0, 0.05) is 5.56 Å². The van der Waals surface area contributed by atoms with Crippen molar-refractivity contribution >= 4 is 10.0 Å². The van der Waals surface area contributed by atoms with Crippen LogP contribution in [0.3, 0.4) is 0 Å². The monoisotopic (exact) mass is 353 g/mol. The molecule has 0 spiro atoms. The summed E-state index contributed by atoms with van der Waals surface area (Å²) in [6, 6.07) is 19.6. The predicted octanol–water partition coefficient (Wildman–Crippen LogP) is 2.68. The number of nitrogens with one attached hydrogen (secondary N) is 1. The summed E-state index contributed by atoms with van der Waals surface area (Å²) in [6.45, 7) is 0. The molecule has 0 fully saturated rings. The molecule has 5 nitrogen and oxygen atoms in total. The van der Waals surface area contributed by atoms with Gasteiger partial charge in [-0.25, -0.2) is 8.42 Å². The van der Waals surface area contributed by atoms with Crippen molar-refractivity contribution in [2.24, 2.45) is 0 Å². The Labute approximate surface area is 145 Å². The van der Waals surface area contributed by atoms with E-state index in [9.17, 15) is 18.6 Å². The van der Waals surface area contributed by atoms with Crippen molar-refractivity contribution in [1.29, 1.82) is 0 Å². The first-order valence-electron chi connectivity index (χ1n) is 7.66. The van der Waals surface area contributed by atoms with Crippen molar-refractivity contribution in [2.75, 3.05) is 0 Å². The SMILES string of the molecule is O=S1(=O)NC(c2ccc(O)cc2)(c2ccc(O)cc2)c2ccccc21. The number of aromatic hydroxyl groups is 2. The van der Waals surface area contributed by atoms with Crippen molar-refractivity contribution in [3.63, 3.8) is 0 Å². The Hall–Kier alpha value is -2.83. The molecule has 0 saturated heterocycles. The quantitative estimate of drug-likeness (QED) is 0.661. The van der Waals surface area contributed by atoms with Crippen LogP contribution in [-0.4, -0.2) is 18.6 Å². The number of benzene rings is 3. The molecule has 4 rings (SSSR count). The second-order valence-electron chi connectivity index (χ2n) is 5.95. The van der Waals surface area contributed by atoms with Crippen molar-refractivity contribution in [1.82, 2.24) is 4.72 Å². The molecule has 6 heteroatoms. The van der Waals surface area contributed by atoms with E-state index in [1.807, 2.05) is 0 Å². The minimum Gasteiger partial charge on any atom is -0.508 e. The molecule has 3 aromatic rings. The maximum Gasteiger partial charge on any atom is 0.242 e. The van der Waals surface area contributed by atoms with Crippen LogP contribution < -0.4 is 4.72 Å². The smallest absolute Gasteiger partial charge is 0.242 e. The third-order valence-electron chi connectivity index (χ3n) is 4.47. The first-order valence-corrected chi connectivity index (χ1v) is 9.14. The fourth-order valence-electron chi connectivity index (χ4n) is 3.34. The highest BCUT2D eigenvalue weighted by Gasteiger charge is 2.48. The highest BCUT2D eigenvalue weighted by atomic mass is 32.2. The van der Waals surface area contributed by atoms with E-state index in [1.54, 1.807) is 48.5 Å². The topological polar surface area (TPSA) is 86.6 Å². The van der Waals surface area contributed by atoms with Gasteiger partial charge in [0.1, 0.15) is 17.0 Å². The van der Waals surface area contributed by atoms with E-state index in [1.165, 1.54) is 24.3 Å². The molecular formula is C19H15NO4S. The van der Waals surface area contributed by atoms with Crippen molar-refractivity contribution in [2.45, 2.75) is 10.4 Å². The van der Waals surface area contributed by atoms with Crippen LogP contribution >= 0.6 is 0 Å². The molecule has 0 radical (unpaired) electrons. The van der Waals surface area contributed by atoms with Crippen molar-refractivity contribution in [3.8, 4) is 11.5 Å². The highest BCUT2D eigenvalue weighted by molar-refractivity contribution is 7.90. The molecule has 0 saturated carbocycles. The summed E-state index contributed by atoms with van der Waals surface area (Å²) in [4.78, 5) is 0.219. The third-order valence-corrected chi connectivity index (χ3v) is 5.98. The Morgan fingerprint density at radius 2 is 1.20 bits per heavy atom. The Bertz CT molecular complexity index is 996. The molecule has 1 aliphatic heterocycles. The van der Waals surface area contributed by atoms with Gasteiger partial charge in [-0.2, -0.15) is 4.72 Å². The lowest BCUT2D eigenvalue weighted by Gasteiger charge is -2.31. The zero-order valence-electron chi connectivity index (χ0n) is 13.0. The Morgan fingerprint density at radius 3 is 1.72 bits per heavy atom. The number of phenolic OH excluding ortho intramolecular Hbond substituents is 2. The van der Waals surface area contributed by atoms with E-state index in [2.05, 4.69) is 4.72 Å². The van der Waals surface area contributed by atoms with Gasteiger partial charge in [0.15, 0.2) is 0 Å². The molecule has 25 heavy (non-hydrogen) atoms. The molecular weight excluding hydrogens is 338 g/mol. The summed E-state index contributed by atoms with van der Waals surface area (Å²) in [5.41, 5.74) is 0.817. The van der Waals surface area contributed by atoms with Crippen LogP contribution in [0.15, 0.2) is 77.7 Å². The standard InChI is InChI=1S/C19H15NO4S/c21-15-9-5-13(6-10-15)19(14-7-11-16(22)12-8-14)17-3-1-2-4-18(17)25(23,24)20-19/h1-12,20-22H. The molecule has 0 unspecified atom stereocenters. The van der Waals surface area contributed by atoms with Crippen LogP contribution in [0.4, 0.5) is 0 Å². The normalized spacial score (nSPS) is 17.1. The van der Waals surface area contributed by atoms with Crippen LogP contribution in [0.25, 0.3) is 0 Å². The molecule has 0 bridgehead atoms. The molecule has 0 aromatic heterocycles. The molecule has 1 aliphatic rings. The van der Waals surface area contributed by atoms with Gasteiger partial charge in [0.05, 0.1) is 4.90 Å². The Balaban J connectivity index is 2.08. The Kier molecular flexibility index (Phi) is 3.35. The average Bonchev–Trinajstić information content (AvgIpc) is 2.85. The van der Waals surface area contributed by atoms with Crippen molar-refractivity contribution < 1.29 is 18.6 Å². The molecule has 1 heterocycles. The molecule has 0 atom stereocenters. The van der Waals surface area contributed by atoms with E-state index in [4.69, 9.17) is 0 Å². The number of fused-ring (bicyclic) bond motifs is 1. The summed E-state index contributed by atoms with van der Waals surface area (Å²) < 4.78 is 28.3. The number of rotatable bonds is 2. The first kappa shape index (κ1) is 15.7. The minimum atomic E-state index is -3.70. The zero-order valence-corrected chi connectivity index (χ0v) is 13.9. The fourth-order valence-corrected chi connectivity index (χ4v) is 4.97. The van der Waals surface area contributed by atoms with Crippen LogP contribution in [-0.2, 0) is 15.6 Å². The minimum absolute atomic E-state index is 0.0961. The largest absolute Gasteiger partial charge is 0.508 e. The number of hydrogen-bond acceptors (Lipinski definition) is 4. The third kappa shape index (κ3) is 2.30. The van der Waals surface area contributed by atoms with E-state index in [0.717, 1.165) is 0 Å². The fraction of sp³-hybridized carbons (Fsp3) is 0.0526. The maximum atomic E-state index is 12.7. The molecule has 0 aliphatic carbocycles. The summed E-state index contributed by atoms with van der Waals surface area (Å²) >= 11 is 0. The van der Waals surface area contributed by atoms with Gasteiger partial charge in [0.2, 0.25) is 10.0 Å². The second kappa shape index (κ2) is 5.34. The maximum absolute atomic E-state index is 12.7. The van der Waals surface area contributed by atoms with Gasteiger partial charge in [-0.3, -0.25) is 0 Å². The van der Waals surface area contributed by atoms with Crippen LogP contribution in [0.1, 0.15) is 16.7 Å². The van der Waals surface area contributed by atoms with Gasteiger partial charge in [-0.15, -0.1) is 0 Å². The summed E-state index contributed by atoms with van der Waals surface area (Å²) in [7, 11) is -3.70. The molecule has 3 aromatic carbocycles. The lowest BCUT2D eigenvalue weighted by Crippen LogP contribution is -2.41. The van der Waals surface area contributed by atoms with Gasteiger partial charge >= 0.3 is 0 Å². The first-order chi connectivity index (χ1) is 11.9. The van der Waals surface area contributed by atoms with Crippen LogP contribution in [0.5, 0.6) is 11.5 Å².